The zero-order valence-electron chi connectivity index (χ0n) is 19.2. The van der Waals surface area contributed by atoms with Crippen LogP contribution in [0.3, 0.4) is 0 Å². The molecule has 9 heteroatoms. The number of benzene rings is 3. The van der Waals surface area contributed by atoms with Gasteiger partial charge in [0.25, 0.3) is 11.6 Å². The molecule has 0 aliphatic carbocycles. The molecular formula is C26H23N3O5S. The summed E-state index contributed by atoms with van der Waals surface area (Å²) in [6, 6.07) is 19.7. The number of thiophene rings is 1. The molecule has 1 N–H and O–H groups in total. The standard InChI is InChI=1S/C26H23N3O5S/c1-3-33-23-12-19(8-10-22(23)34-16-18-6-4-17(2)5-7-18)15-27-28-26(30)25-14-20-13-21(29(31)32)9-11-24(20)35-25/h4-15H,3,16H2,1-2H3,(H,28,30)/b27-15-. The van der Waals surface area contributed by atoms with Gasteiger partial charge >= 0.3 is 0 Å². The average molecular weight is 490 g/mol. The van der Waals surface area contributed by atoms with E-state index in [1.807, 2.05) is 44.2 Å². The van der Waals surface area contributed by atoms with Crippen molar-refractivity contribution in [2.45, 2.75) is 20.5 Å². The molecule has 0 aliphatic rings. The van der Waals surface area contributed by atoms with E-state index >= 15 is 0 Å². The molecule has 0 unspecified atom stereocenters. The van der Waals surface area contributed by atoms with Crippen LogP contribution in [0.1, 0.15) is 33.3 Å². The third-order valence-corrected chi connectivity index (χ3v) is 6.21. The Balaban J connectivity index is 1.41. The first-order chi connectivity index (χ1) is 16.9. The molecule has 0 bridgehead atoms. The summed E-state index contributed by atoms with van der Waals surface area (Å²) < 4.78 is 12.4. The molecule has 178 valence electrons. The molecule has 4 aromatic rings. The smallest absolute Gasteiger partial charge is 0.281 e. The highest BCUT2D eigenvalue weighted by atomic mass is 32.1. The molecule has 0 radical (unpaired) electrons. The van der Waals surface area contributed by atoms with Crippen molar-refractivity contribution < 1.29 is 19.2 Å². The zero-order chi connectivity index (χ0) is 24.8. The van der Waals surface area contributed by atoms with Crippen molar-refractivity contribution in [3.63, 3.8) is 0 Å². The van der Waals surface area contributed by atoms with Crippen LogP contribution in [0.5, 0.6) is 11.5 Å². The zero-order valence-corrected chi connectivity index (χ0v) is 20.0. The lowest BCUT2D eigenvalue weighted by atomic mass is 10.2. The molecular weight excluding hydrogens is 466 g/mol. The van der Waals surface area contributed by atoms with E-state index in [1.165, 1.54) is 35.2 Å². The number of aryl methyl sites for hydroxylation is 1. The van der Waals surface area contributed by atoms with Crippen LogP contribution >= 0.6 is 11.3 Å². The van der Waals surface area contributed by atoms with Gasteiger partial charge in [0, 0.05) is 22.2 Å². The summed E-state index contributed by atoms with van der Waals surface area (Å²) in [5.41, 5.74) is 5.45. The van der Waals surface area contributed by atoms with Gasteiger partial charge < -0.3 is 9.47 Å². The number of fused-ring (bicyclic) bond motifs is 1. The second kappa shape index (κ2) is 10.8. The normalized spacial score (nSPS) is 11.0. The first-order valence-corrected chi connectivity index (χ1v) is 11.7. The van der Waals surface area contributed by atoms with Crippen LogP contribution in [0.4, 0.5) is 5.69 Å². The van der Waals surface area contributed by atoms with Crippen LogP contribution in [-0.2, 0) is 6.61 Å². The maximum Gasteiger partial charge on any atom is 0.281 e. The molecule has 35 heavy (non-hydrogen) atoms. The number of non-ortho nitro benzene ring substituents is 1. The number of carbonyl (C=O) groups excluding carboxylic acids is 1. The van der Waals surface area contributed by atoms with Gasteiger partial charge in [-0.05, 0) is 55.3 Å². The summed E-state index contributed by atoms with van der Waals surface area (Å²) in [6.07, 6.45) is 1.52. The molecule has 0 fully saturated rings. The van der Waals surface area contributed by atoms with Gasteiger partial charge in [0.05, 0.1) is 22.6 Å². The largest absolute Gasteiger partial charge is 0.490 e. The fraction of sp³-hybridized carbons (Fsp3) is 0.154. The molecule has 0 atom stereocenters. The number of ether oxygens (including phenoxy) is 2. The number of nitro benzene ring substituents is 1. The van der Waals surface area contributed by atoms with Gasteiger partial charge in [-0.15, -0.1) is 11.3 Å². The Bertz CT molecular complexity index is 1400. The summed E-state index contributed by atoms with van der Waals surface area (Å²) >= 11 is 1.24. The number of hydrazone groups is 1. The number of rotatable bonds is 9. The lowest BCUT2D eigenvalue weighted by molar-refractivity contribution is -0.384. The van der Waals surface area contributed by atoms with E-state index in [1.54, 1.807) is 24.3 Å². The summed E-state index contributed by atoms with van der Waals surface area (Å²) in [4.78, 5) is 23.4. The number of nitrogens with zero attached hydrogens (tertiary/aromatic N) is 2. The Kier molecular flexibility index (Phi) is 7.37. The van der Waals surface area contributed by atoms with Crippen LogP contribution in [0, 0.1) is 17.0 Å². The van der Waals surface area contributed by atoms with Crippen LogP contribution in [0.15, 0.2) is 71.8 Å². The second-order valence-electron chi connectivity index (χ2n) is 7.70. The minimum Gasteiger partial charge on any atom is -0.490 e. The van der Waals surface area contributed by atoms with Gasteiger partial charge in [-0.25, -0.2) is 5.43 Å². The van der Waals surface area contributed by atoms with Crippen molar-refractivity contribution >= 4 is 39.2 Å². The Morgan fingerprint density at radius 3 is 2.60 bits per heavy atom. The number of carbonyl (C=O) groups is 1. The first kappa shape index (κ1) is 23.9. The third kappa shape index (κ3) is 6.01. The number of nitro groups is 1. The molecule has 0 aliphatic heterocycles. The molecule has 4 rings (SSSR count). The highest BCUT2D eigenvalue weighted by molar-refractivity contribution is 7.20. The fourth-order valence-electron chi connectivity index (χ4n) is 3.31. The fourth-order valence-corrected chi connectivity index (χ4v) is 4.25. The van der Waals surface area contributed by atoms with E-state index in [0.29, 0.717) is 35.0 Å². The Morgan fingerprint density at radius 2 is 1.86 bits per heavy atom. The van der Waals surface area contributed by atoms with Crippen LogP contribution in [0.25, 0.3) is 10.1 Å². The number of hydrogen-bond acceptors (Lipinski definition) is 7. The van der Waals surface area contributed by atoms with Crippen molar-refractivity contribution in [2.24, 2.45) is 5.10 Å². The summed E-state index contributed by atoms with van der Waals surface area (Å²) in [6.45, 7) is 4.83. The summed E-state index contributed by atoms with van der Waals surface area (Å²) in [7, 11) is 0. The van der Waals surface area contributed by atoms with E-state index in [2.05, 4.69) is 10.5 Å². The predicted molar refractivity (Wildman–Crippen MR) is 137 cm³/mol. The Hall–Kier alpha value is -4.24. The molecule has 0 saturated carbocycles. The van der Waals surface area contributed by atoms with Gasteiger partial charge in [-0.2, -0.15) is 5.10 Å². The van der Waals surface area contributed by atoms with Crippen molar-refractivity contribution in [3.8, 4) is 11.5 Å². The van der Waals surface area contributed by atoms with Crippen LogP contribution in [0.2, 0.25) is 0 Å². The van der Waals surface area contributed by atoms with Gasteiger partial charge in [-0.3, -0.25) is 14.9 Å². The molecule has 1 heterocycles. The van der Waals surface area contributed by atoms with E-state index in [4.69, 9.17) is 9.47 Å². The highest BCUT2D eigenvalue weighted by Gasteiger charge is 2.13. The maximum atomic E-state index is 12.5. The van der Waals surface area contributed by atoms with Gasteiger partial charge in [-0.1, -0.05) is 29.8 Å². The van der Waals surface area contributed by atoms with E-state index in [-0.39, 0.29) is 5.69 Å². The van der Waals surface area contributed by atoms with Crippen molar-refractivity contribution in [2.75, 3.05) is 6.61 Å². The minimum absolute atomic E-state index is 0.0170. The van der Waals surface area contributed by atoms with Gasteiger partial charge in [0.15, 0.2) is 11.5 Å². The quantitative estimate of drug-likeness (QED) is 0.180. The SMILES string of the molecule is CCOc1cc(/C=N\NC(=O)c2cc3cc([N+](=O)[O-])ccc3s2)ccc1OCc1ccc(C)cc1. The number of amides is 1. The van der Waals surface area contributed by atoms with Gasteiger partial charge in [0.1, 0.15) is 6.61 Å². The van der Waals surface area contributed by atoms with Gasteiger partial charge in [0.2, 0.25) is 0 Å². The molecule has 1 aromatic heterocycles. The average Bonchev–Trinajstić information content (AvgIpc) is 3.28. The third-order valence-electron chi connectivity index (χ3n) is 5.10. The second-order valence-corrected chi connectivity index (χ2v) is 8.79. The predicted octanol–water partition coefficient (Wildman–Crippen LogP) is 5.86. The molecule has 0 saturated heterocycles. The highest BCUT2D eigenvalue weighted by Crippen LogP contribution is 2.30. The van der Waals surface area contributed by atoms with Crippen molar-refractivity contribution in [3.05, 3.63) is 98.4 Å². The number of nitrogens with one attached hydrogen (secondary N) is 1. The first-order valence-electron chi connectivity index (χ1n) is 10.9. The summed E-state index contributed by atoms with van der Waals surface area (Å²) in [5, 5.41) is 15.6. The van der Waals surface area contributed by atoms with Crippen LogP contribution < -0.4 is 14.9 Å². The Labute approximate surface area is 206 Å². The molecule has 0 spiro atoms. The van der Waals surface area contributed by atoms with E-state index < -0.39 is 10.8 Å². The summed E-state index contributed by atoms with van der Waals surface area (Å²) in [5.74, 6) is 0.808. The van der Waals surface area contributed by atoms with E-state index in [0.717, 1.165) is 15.8 Å². The molecule has 3 aromatic carbocycles. The van der Waals surface area contributed by atoms with Crippen molar-refractivity contribution in [1.29, 1.82) is 0 Å². The molecule has 8 nitrogen and oxygen atoms in total. The minimum atomic E-state index is -0.462. The monoisotopic (exact) mass is 489 g/mol. The lowest BCUT2D eigenvalue weighted by Crippen LogP contribution is -2.16. The van der Waals surface area contributed by atoms with E-state index in [9.17, 15) is 14.9 Å². The topological polar surface area (TPSA) is 103 Å². The Morgan fingerprint density at radius 1 is 1.06 bits per heavy atom. The van der Waals surface area contributed by atoms with Crippen molar-refractivity contribution in [1.82, 2.24) is 5.43 Å². The lowest BCUT2D eigenvalue weighted by Gasteiger charge is -2.12. The maximum absolute atomic E-state index is 12.5. The van der Waals surface area contributed by atoms with Crippen LogP contribution in [-0.4, -0.2) is 23.7 Å². The number of hydrogen-bond donors (Lipinski definition) is 1. The molecule has 1 amide bonds.